The number of carbonyl (C=O) groups excluding carboxylic acids is 1. The van der Waals surface area contributed by atoms with Crippen molar-refractivity contribution in [1.29, 1.82) is 0 Å². The summed E-state index contributed by atoms with van der Waals surface area (Å²) in [4.78, 5) is 28.9. The minimum absolute atomic E-state index is 0.0217. The highest BCUT2D eigenvalue weighted by Crippen LogP contribution is 2.42. The molecule has 1 amide bonds. The first-order valence-electron chi connectivity index (χ1n) is 12.4. The van der Waals surface area contributed by atoms with Gasteiger partial charge in [-0.2, -0.15) is 0 Å². The molecule has 0 saturated carbocycles. The van der Waals surface area contributed by atoms with Crippen molar-refractivity contribution in [3.05, 3.63) is 90.1 Å². The molecule has 2 unspecified atom stereocenters. The van der Waals surface area contributed by atoms with Crippen molar-refractivity contribution in [2.24, 2.45) is 5.92 Å². The highest BCUT2D eigenvalue weighted by molar-refractivity contribution is 5.97. The van der Waals surface area contributed by atoms with E-state index in [1.54, 1.807) is 18.5 Å². The minimum atomic E-state index is 0.0217. The first kappa shape index (κ1) is 21.7. The van der Waals surface area contributed by atoms with E-state index in [0.29, 0.717) is 23.1 Å². The number of ether oxygens (including phenoxy) is 1. The van der Waals surface area contributed by atoms with E-state index >= 15 is 0 Å². The maximum atomic E-state index is 13.7. The molecule has 2 fully saturated rings. The number of nitrogens with zero attached hydrogens (tertiary/aromatic N) is 4. The third-order valence-electron chi connectivity index (χ3n) is 7.45. The van der Waals surface area contributed by atoms with Crippen LogP contribution in [0.25, 0.3) is 10.8 Å². The highest BCUT2D eigenvalue weighted by atomic mass is 16.5. The van der Waals surface area contributed by atoms with Crippen LogP contribution in [0.15, 0.2) is 73.3 Å². The van der Waals surface area contributed by atoms with Gasteiger partial charge in [-0.1, -0.05) is 18.2 Å². The number of benzene rings is 1. The quantitative estimate of drug-likeness (QED) is 0.376. The topological polar surface area (TPSA) is 68.2 Å². The Labute approximate surface area is 205 Å². The molecule has 35 heavy (non-hydrogen) atoms. The summed E-state index contributed by atoms with van der Waals surface area (Å²) in [5, 5.41) is 2.48. The fourth-order valence-electron chi connectivity index (χ4n) is 5.85. The fraction of sp³-hybridized carbons (Fsp3) is 0.310. The lowest BCUT2D eigenvalue weighted by Crippen LogP contribution is -2.47. The van der Waals surface area contributed by atoms with Crippen LogP contribution in [0.1, 0.15) is 47.3 Å². The molecule has 3 aromatic heterocycles. The van der Waals surface area contributed by atoms with Gasteiger partial charge in [0.25, 0.3) is 5.91 Å². The van der Waals surface area contributed by atoms with Crippen LogP contribution in [0, 0.1) is 12.8 Å². The van der Waals surface area contributed by atoms with E-state index in [2.05, 4.69) is 44.1 Å². The number of carbonyl (C=O) groups is 1. The molecule has 4 aromatic rings. The largest absolute Gasteiger partial charge is 0.437 e. The van der Waals surface area contributed by atoms with Crippen molar-refractivity contribution in [3.8, 4) is 11.6 Å². The predicted molar refractivity (Wildman–Crippen MR) is 134 cm³/mol. The van der Waals surface area contributed by atoms with Crippen LogP contribution in [0.2, 0.25) is 0 Å². The Morgan fingerprint density at radius 2 is 1.83 bits per heavy atom. The molecule has 2 bridgehead atoms. The van der Waals surface area contributed by atoms with Gasteiger partial charge in [0.05, 0.1) is 6.20 Å². The van der Waals surface area contributed by atoms with Crippen molar-refractivity contribution in [2.75, 3.05) is 0 Å². The number of rotatable bonds is 5. The number of aryl methyl sites for hydroxylation is 1. The van der Waals surface area contributed by atoms with Gasteiger partial charge in [0.15, 0.2) is 0 Å². The second-order valence-corrected chi connectivity index (χ2v) is 9.75. The Hall–Kier alpha value is -3.80. The molecule has 0 radical (unpaired) electrons. The SMILES string of the molecule is Cc1ccc(Oc2ncccc2C(=O)N2C3CCC2CC(Cc2cccc4ccncc24)C3)cn1. The Kier molecular flexibility index (Phi) is 5.64. The predicted octanol–water partition coefficient (Wildman–Crippen LogP) is 5.75. The zero-order valence-electron chi connectivity index (χ0n) is 19.8. The number of fused-ring (bicyclic) bond motifs is 3. The Morgan fingerprint density at radius 1 is 0.971 bits per heavy atom. The average molecular weight is 465 g/mol. The van der Waals surface area contributed by atoms with Crippen molar-refractivity contribution in [3.63, 3.8) is 0 Å². The molecule has 2 aliphatic heterocycles. The van der Waals surface area contributed by atoms with Gasteiger partial charge in [0, 0.05) is 41.8 Å². The highest BCUT2D eigenvalue weighted by Gasteiger charge is 2.44. The summed E-state index contributed by atoms with van der Waals surface area (Å²) in [5.74, 6) is 1.50. The van der Waals surface area contributed by atoms with Crippen LogP contribution in [-0.2, 0) is 6.42 Å². The lowest BCUT2D eigenvalue weighted by molar-refractivity contribution is 0.0521. The molecular formula is C29H28N4O2. The number of amides is 1. The first-order valence-corrected chi connectivity index (χ1v) is 12.4. The third kappa shape index (κ3) is 4.25. The summed E-state index contributed by atoms with van der Waals surface area (Å²) in [6, 6.07) is 16.5. The van der Waals surface area contributed by atoms with Gasteiger partial charge in [-0.3, -0.25) is 14.8 Å². The van der Waals surface area contributed by atoms with E-state index in [1.165, 1.54) is 16.3 Å². The van der Waals surface area contributed by atoms with E-state index in [0.717, 1.165) is 37.8 Å². The smallest absolute Gasteiger partial charge is 0.259 e. The molecule has 6 heteroatoms. The van der Waals surface area contributed by atoms with E-state index in [9.17, 15) is 4.79 Å². The molecule has 0 spiro atoms. The molecule has 1 aromatic carbocycles. The molecular weight excluding hydrogens is 436 g/mol. The zero-order valence-corrected chi connectivity index (χ0v) is 19.8. The Morgan fingerprint density at radius 3 is 2.63 bits per heavy atom. The monoisotopic (exact) mass is 464 g/mol. The average Bonchev–Trinajstić information content (AvgIpc) is 3.15. The molecule has 5 heterocycles. The molecule has 2 aliphatic rings. The summed E-state index contributed by atoms with van der Waals surface area (Å²) in [7, 11) is 0. The van der Waals surface area contributed by atoms with Crippen molar-refractivity contribution < 1.29 is 9.53 Å². The molecule has 176 valence electrons. The standard InChI is InChI=1S/C29H28N4O2/c1-19-7-10-25(17-32-19)35-28-26(6-3-12-31-28)29(34)33-23-8-9-24(33)16-20(15-23)14-22-5-2-4-21-11-13-30-18-27(21)22/h2-7,10-13,17-18,20,23-24H,8-9,14-16H2,1H3. The van der Waals surface area contributed by atoms with Crippen molar-refractivity contribution in [2.45, 2.75) is 51.1 Å². The van der Waals surface area contributed by atoms with Gasteiger partial charge in [-0.25, -0.2) is 4.98 Å². The first-order chi connectivity index (χ1) is 17.2. The molecule has 6 rings (SSSR count). The maximum Gasteiger partial charge on any atom is 0.259 e. The number of pyridine rings is 3. The van der Waals surface area contributed by atoms with E-state index < -0.39 is 0 Å². The Bertz CT molecular complexity index is 1350. The number of piperidine rings is 1. The summed E-state index contributed by atoms with van der Waals surface area (Å²) in [6.07, 6.45) is 12.3. The fourth-order valence-corrected chi connectivity index (χ4v) is 5.85. The van der Waals surface area contributed by atoms with Gasteiger partial charge < -0.3 is 9.64 Å². The van der Waals surface area contributed by atoms with Crippen molar-refractivity contribution in [1.82, 2.24) is 19.9 Å². The van der Waals surface area contributed by atoms with Crippen molar-refractivity contribution >= 4 is 16.7 Å². The van der Waals surface area contributed by atoms with Crippen LogP contribution < -0.4 is 4.74 Å². The summed E-state index contributed by atoms with van der Waals surface area (Å²) in [5.41, 5.74) is 2.78. The second kappa shape index (κ2) is 9.10. The van der Waals surface area contributed by atoms with Crippen LogP contribution in [0.3, 0.4) is 0 Å². The van der Waals surface area contributed by atoms with E-state index in [-0.39, 0.29) is 18.0 Å². The molecule has 2 saturated heterocycles. The lowest BCUT2D eigenvalue weighted by atomic mass is 9.84. The summed E-state index contributed by atoms with van der Waals surface area (Å²) < 4.78 is 5.98. The van der Waals surface area contributed by atoms with Gasteiger partial charge in [0.2, 0.25) is 5.88 Å². The van der Waals surface area contributed by atoms with E-state index in [4.69, 9.17) is 4.74 Å². The lowest BCUT2D eigenvalue weighted by Gasteiger charge is -2.39. The normalized spacial score (nSPS) is 21.3. The molecule has 2 atom stereocenters. The van der Waals surface area contributed by atoms with Gasteiger partial charge in [-0.15, -0.1) is 0 Å². The van der Waals surface area contributed by atoms with Gasteiger partial charge >= 0.3 is 0 Å². The second-order valence-electron chi connectivity index (χ2n) is 9.75. The van der Waals surface area contributed by atoms with Crippen LogP contribution in [-0.4, -0.2) is 37.8 Å². The van der Waals surface area contributed by atoms with E-state index in [1.807, 2.05) is 37.5 Å². The van der Waals surface area contributed by atoms with Gasteiger partial charge in [0.1, 0.15) is 11.3 Å². The molecule has 6 nitrogen and oxygen atoms in total. The molecule has 0 aliphatic carbocycles. The number of aromatic nitrogens is 3. The molecule has 0 N–H and O–H groups in total. The number of hydrogen-bond acceptors (Lipinski definition) is 5. The third-order valence-corrected chi connectivity index (χ3v) is 7.45. The summed E-state index contributed by atoms with van der Waals surface area (Å²) in [6.45, 7) is 1.93. The zero-order chi connectivity index (χ0) is 23.8. The summed E-state index contributed by atoms with van der Waals surface area (Å²) >= 11 is 0. The van der Waals surface area contributed by atoms with Gasteiger partial charge in [-0.05, 0) is 86.2 Å². The minimum Gasteiger partial charge on any atom is -0.437 e. The maximum absolute atomic E-state index is 13.7. The number of hydrogen-bond donors (Lipinski definition) is 0. The van der Waals surface area contributed by atoms with Crippen LogP contribution in [0.5, 0.6) is 11.6 Å². The Balaban J connectivity index is 1.20. The van der Waals surface area contributed by atoms with Crippen LogP contribution >= 0.6 is 0 Å². The van der Waals surface area contributed by atoms with Crippen LogP contribution in [0.4, 0.5) is 0 Å².